The Morgan fingerprint density at radius 3 is 2.90 bits per heavy atom. The average Bonchev–Trinajstić information content (AvgIpc) is 2.98. The molecule has 1 atom stereocenters. The van der Waals surface area contributed by atoms with Gasteiger partial charge in [-0.25, -0.2) is 15.0 Å². The molecule has 0 aliphatic carbocycles. The van der Waals surface area contributed by atoms with Gasteiger partial charge in [0, 0.05) is 24.6 Å². The van der Waals surface area contributed by atoms with Crippen molar-refractivity contribution in [1.29, 1.82) is 0 Å². The number of rotatable bonds is 4. The van der Waals surface area contributed by atoms with Crippen LogP contribution in [0.25, 0.3) is 0 Å². The van der Waals surface area contributed by atoms with Crippen molar-refractivity contribution in [3.63, 3.8) is 0 Å². The fourth-order valence-electron chi connectivity index (χ4n) is 2.82. The van der Waals surface area contributed by atoms with Crippen LogP contribution in [0.15, 0.2) is 30.9 Å². The van der Waals surface area contributed by atoms with Crippen molar-refractivity contribution in [2.75, 3.05) is 11.9 Å². The molecule has 3 heterocycles. The number of anilines is 2. The first-order chi connectivity index (χ1) is 10.2. The molecule has 1 N–H and O–H groups in total. The number of nitrogens with zero attached hydrogens (tertiary/aromatic N) is 5. The summed E-state index contributed by atoms with van der Waals surface area (Å²) in [6.45, 7) is 5.61. The first kappa shape index (κ1) is 13.9. The number of nitrogens with one attached hydrogen (secondary N) is 1. The maximum absolute atomic E-state index is 4.65. The Morgan fingerprint density at radius 2 is 2.14 bits per heavy atom. The number of likely N-dealkylation sites (tertiary alicyclic amines) is 1. The summed E-state index contributed by atoms with van der Waals surface area (Å²) in [6, 6.07) is 2.92. The summed E-state index contributed by atoms with van der Waals surface area (Å²) in [7, 11) is 0. The number of aromatic nitrogens is 4. The minimum atomic E-state index is 0.385. The summed E-state index contributed by atoms with van der Waals surface area (Å²) in [5, 5.41) is 3.10. The van der Waals surface area contributed by atoms with E-state index in [4.69, 9.17) is 0 Å². The van der Waals surface area contributed by atoms with Gasteiger partial charge in [-0.15, -0.1) is 0 Å². The zero-order chi connectivity index (χ0) is 14.7. The monoisotopic (exact) mass is 284 g/mol. The predicted octanol–water partition coefficient (Wildman–Crippen LogP) is 2.56. The van der Waals surface area contributed by atoms with E-state index in [1.807, 2.05) is 6.07 Å². The van der Waals surface area contributed by atoms with Crippen molar-refractivity contribution in [1.82, 2.24) is 24.8 Å². The fraction of sp³-hybridized carbons (Fsp3) is 0.467. The molecule has 110 valence electrons. The summed E-state index contributed by atoms with van der Waals surface area (Å²) in [6.07, 6.45) is 9.12. The molecule has 0 spiro atoms. The van der Waals surface area contributed by atoms with E-state index in [1.54, 1.807) is 24.8 Å². The molecule has 0 amide bonds. The Kier molecular flexibility index (Phi) is 4.06. The molecule has 1 aliphatic heterocycles. The predicted molar refractivity (Wildman–Crippen MR) is 81.2 cm³/mol. The molecule has 6 heteroatoms. The minimum Gasteiger partial charge on any atom is -0.307 e. The molecule has 6 nitrogen and oxygen atoms in total. The Morgan fingerprint density at radius 1 is 1.24 bits per heavy atom. The van der Waals surface area contributed by atoms with Crippen LogP contribution in [0.2, 0.25) is 0 Å². The highest BCUT2D eigenvalue weighted by molar-refractivity contribution is 5.45. The van der Waals surface area contributed by atoms with Crippen molar-refractivity contribution in [3.8, 4) is 0 Å². The summed E-state index contributed by atoms with van der Waals surface area (Å²) >= 11 is 0. The van der Waals surface area contributed by atoms with Crippen LogP contribution in [0.5, 0.6) is 0 Å². The maximum atomic E-state index is 4.65. The lowest BCUT2D eigenvalue weighted by atomic mass is 10.1. The molecule has 1 aliphatic rings. The number of hydrogen-bond donors (Lipinski definition) is 1. The van der Waals surface area contributed by atoms with Crippen molar-refractivity contribution in [2.24, 2.45) is 0 Å². The van der Waals surface area contributed by atoms with Gasteiger partial charge in [0.15, 0.2) is 5.82 Å². The van der Waals surface area contributed by atoms with Crippen LogP contribution in [-0.2, 0) is 0 Å². The van der Waals surface area contributed by atoms with Gasteiger partial charge in [0.05, 0.1) is 17.9 Å². The SMILES string of the molecule is CC(C)N1CCC[C@@H]1c1ccnc(Nc2cnccn2)n1. The average molecular weight is 284 g/mol. The van der Waals surface area contributed by atoms with Crippen LogP contribution in [0.4, 0.5) is 11.8 Å². The van der Waals surface area contributed by atoms with Crippen LogP contribution in [0.3, 0.4) is 0 Å². The normalized spacial score (nSPS) is 19.1. The Hall–Kier alpha value is -2.08. The van der Waals surface area contributed by atoms with Crippen molar-refractivity contribution in [2.45, 2.75) is 38.8 Å². The van der Waals surface area contributed by atoms with Gasteiger partial charge in [-0.3, -0.25) is 9.88 Å². The molecule has 0 unspecified atom stereocenters. The van der Waals surface area contributed by atoms with Gasteiger partial charge in [0.25, 0.3) is 0 Å². The van der Waals surface area contributed by atoms with E-state index in [1.165, 1.54) is 6.42 Å². The fourth-order valence-corrected chi connectivity index (χ4v) is 2.82. The first-order valence-electron chi connectivity index (χ1n) is 7.36. The van der Waals surface area contributed by atoms with E-state index in [9.17, 15) is 0 Å². The largest absolute Gasteiger partial charge is 0.307 e. The smallest absolute Gasteiger partial charge is 0.228 e. The molecule has 0 saturated carbocycles. The van der Waals surface area contributed by atoms with Gasteiger partial charge in [0.1, 0.15) is 0 Å². The molecule has 2 aromatic heterocycles. The standard InChI is InChI=1S/C15H20N6/c1-11(2)21-9-3-4-13(21)12-5-6-18-15(19-12)20-14-10-16-7-8-17-14/h5-8,10-11,13H,3-4,9H2,1-2H3,(H,17,18,19,20)/t13-/m1/s1. The third-order valence-electron chi connectivity index (χ3n) is 3.78. The van der Waals surface area contributed by atoms with E-state index < -0.39 is 0 Å². The highest BCUT2D eigenvalue weighted by Crippen LogP contribution is 2.32. The second kappa shape index (κ2) is 6.13. The molecule has 3 rings (SSSR count). The van der Waals surface area contributed by atoms with Gasteiger partial charge < -0.3 is 5.32 Å². The zero-order valence-electron chi connectivity index (χ0n) is 12.4. The van der Waals surface area contributed by atoms with Crippen molar-refractivity contribution >= 4 is 11.8 Å². The third kappa shape index (κ3) is 3.16. The zero-order valence-corrected chi connectivity index (χ0v) is 12.4. The number of hydrogen-bond acceptors (Lipinski definition) is 6. The van der Waals surface area contributed by atoms with E-state index >= 15 is 0 Å². The van der Waals surface area contributed by atoms with Gasteiger partial charge >= 0.3 is 0 Å². The summed E-state index contributed by atoms with van der Waals surface area (Å²) in [4.78, 5) is 19.6. The van der Waals surface area contributed by atoms with Crippen LogP contribution in [0, 0.1) is 0 Å². The second-order valence-electron chi connectivity index (χ2n) is 5.51. The van der Waals surface area contributed by atoms with Crippen molar-refractivity contribution < 1.29 is 0 Å². The van der Waals surface area contributed by atoms with Crippen molar-refractivity contribution in [3.05, 3.63) is 36.5 Å². The van der Waals surface area contributed by atoms with Crippen LogP contribution in [0.1, 0.15) is 38.4 Å². The van der Waals surface area contributed by atoms with Gasteiger partial charge in [-0.2, -0.15) is 0 Å². The molecule has 0 bridgehead atoms. The summed E-state index contributed by atoms with van der Waals surface area (Å²) in [5.74, 6) is 1.23. The maximum Gasteiger partial charge on any atom is 0.228 e. The lowest BCUT2D eigenvalue weighted by Gasteiger charge is -2.27. The van der Waals surface area contributed by atoms with E-state index in [0.717, 1.165) is 18.7 Å². The lowest BCUT2D eigenvalue weighted by Crippen LogP contribution is -2.30. The quantitative estimate of drug-likeness (QED) is 0.930. The Bertz CT molecular complexity index is 586. The van der Waals surface area contributed by atoms with Crippen LogP contribution >= 0.6 is 0 Å². The highest BCUT2D eigenvalue weighted by Gasteiger charge is 2.28. The van der Waals surface area contributed by atoms with Gasteiger partial charge in [0.2, 0.25) is 5.95 Å². The molecule has 2 aromatic rings. The highest BCUT2D eigenvalue weighted by atomic mass is 15.2. The topological polar surface area (TPSA) is 66.8 Å². The first-order valence-corrected chi connectivity index (χ1v) is 7.36. The van der Waals surface area contributed by atoms with Gasteiger partial charge in [-0.05, 0) is 39.3 Å². The third-order valence-corrected chi connectivity index (χ3v) is 3.78. The molecule has 0 radical (unpaired) electrons. The Labute approximate surface area is 124 Å². The lowest BCUT2D eigenvalue weighted by molar-refractivity contribution is 0.202. The van der Waals surface area contributed by atoms with E-state index in [0.29, 0.717) is 23.8 Å². The second-order valence-corrected chi connectivity index (χ2v) is 5.51. The summed E-state index contributed by atoms with van der Waals surface area (Å²) in [5.41, 5.74) is 1.07. The van der Waals surface area contributed by atoms with Gasteiger partial charge in [-0.1, -0.05) is 0 Å². The molecule has 0 aromatic carbocycles. The molecule has 1 fully saturated rings. The molecular formula is C15H20N6. The summed E-state index contributed by atoms with van der Waals surface area (Å²) < 4.78 is 0. The van der Waals surface area contributed by atoms with E-state index in [-0.39, 0.29) is 0 Å². The molecule has 1 saturated heterocycles. The molecular weight excluding hydrogens is 264 g/mol. The minimum absolute atomic E-state index is 0.385. The van der Waals surface area contributed by atoms with Crippen LogP contribution in [-0.4, -0.2) is 37.4 Å². The van der Waals surface area contributed by atoms with Crippen LogP contribution < -0.4 is 5.32 Å². The van der Waals surface area contributed by atoms with E-state index in [2.05, 4.69) is 44.0 Å². The Balaban J connectivity index is 1.80. The molecule has 21 heavy (non-hydrogen) atoms.